The zero-order chi connectivity index (χ0) is 26.8. The standard InChI is InChI=1S/C27H34FN7O3/c1-3-19-22(15(2)33-34-19)18-9-10-21(30-25(18)28)31-27(38)24(23(16-5-6-16)17-7-8-17)32-26(37)20-11-12-29-35(20)13-4-14-36/h9-12,16-17,23-24,36H,3-8,13-14H2,1-2H3,(H,32,37)(H,33,34)(H,30,31,38). The first-order valence-electron chi connectivity index (χ1n) is 13.4. The molecule has 0 radical (unpaired) electrons. The summed E-state index contributed by atoms with van der Waals surface area (Å²) in [5.41, 5.74) is 2.83. The van der Waals surface area contributed by atoms with Crippen LogP contribution in [0, 0.1) is 30.6 Å². The van der Waals surface area contributed by atoms with Crippen LogP contribution in [0.15, 0.2) is 24.4 Å². The maximum atomic E-state index is 15.1. The van der Waals surface area contributed by atoms with Crippen LogP contribution >= 0.6 is 0 Å². The summed E-state index contributed by atoms with van der Waals surface area (Å²) in [6.45, 7) is 4.15. The van der Waals surface area contributed by atoms with E-state index >= 15 is 4.39 Å². The normalized spacial score (nSPS) is 16.0. The van der Waals surface area contributed by atoms with Gasteiger partial charge in [0.2, 0.25) is 11.9 Å². The van der Waals surface area contributed by atoms with E-state index in [0.29, 0.717) is 48.0 Å². The molecule has 10 nitrogen and oxygen atoms in total. The maximum Gasteiger partial charge on any atom is 0.270 e. The zero-order valence-electron chi connectivity index (χ0n) is 21.7. The first-order chi connectivity index (χ1) is 18.4. The number of carbonyl (C=O) groups excluding carboxylic acids is 2. The minimum atomic E-state index is -0.781. The number of carbonyl (C=O) groups is 2. The van der Waals surface area contributed by atoms with Gasteiger partial charge in [-0.2, -0.15) is 14.6 Å². The van der Waals surface area contributed by atoms with Gasteiger partial charge in [0, 0.05) is 36.2 Å². The number of aliphatic hydroxyl groups excluding tert-OH is 1. The van der Waals surface area contributed by atoms with E-state index in [9.17, 15) is 9.59 Å². The minimum Gasteiger partial charge on any atom is -0.396 e. The fraction of sp³-hybridized carbons (Fsp3) is 0.519. The topological polar surface area (TPSA) is 138 Å². The molecule has 2 aliphatic carbocycles. The van der Waals surface area contributed by atoms with Crippen molar-refractivity contribution in [3.63, 3.8) is 0 Å². The highest BCUT2D eigenvalue weighted by molar-refractivity contribution is 6.00. The SMILES string of the molecule is CCc1n[nH]c(C)c1-c1ccc(NC(=O)C(NC(=O)c2ccnn2CCCO)C(C2CC2)C2CC2)nc1F. The van der Waals surface area contributed by atoms with Gasteiger partial charge in [0.15, 0.2) is 0 Å². The monoisotopic (exact) mass is 523 g/mol. The van der Waals surface area contributed by atoms with Crippen molar-refractivity contribution in [2.75, 3.05) is 11.9 Å². The second-order valence-corrected chi connectivity index (χ2v) is 10.3. The highest BCUT2D eigenvalue weighted by atomic mass is 19.1. The number of hydrogen-bond donors (Lipinski definition) is 4. The van der Waals surface area contributed by atoms with Crippen LogP contribution in [0.3, 0.4) is 0 Å². The summed E-state index contributed by atoms with van der Waals surface area (Å²) in [5.74, 6) is -0.648. The molecule has 0 bridgehead atoms. The van der Waals surface area contributed by atoms with Gasteiger partial charge in [0.05, 0.1) is 5.69 Å². The van der Waals surface area contributed by atoms with Gasteiger partial charge in [-0.1, -0.05) is 6.92 Å². The number of rotatable bonds is 12. The summed E-state index contributed by atoms with van der Waals surface area (Å²) in [6.07, 6.45) is 6.74. The molecule has 0 spiro atoms. The molecule has 0 aliphatic heterocycles. The third kappa shape index (κ3) is 5.47. The number of H-pyrrole nitrogens is 1. The van der Waals surface area contributed by atoms with Gasteiger partial charge in [-0.3, -0.25) is 19.4 Å². The van der Waals surface area contributed by atoms with Gasteiger partial charge in [-0.05, 0) is 81.4 Å². The molecule has 3 aromatic rings. The second-order valence-electron chi connectivity index (χ2n) is 10.3. The lowest BCUT2D eigenvalue weighted by atomic mass is 9.88. The van der Waals surface area contributed by atoms with E-state index in [1.54, 1.807) is 18.2 Å². The summed E-state index contributed by atoms with van der Waals surface area (Å²) < 4.78 is 16.7. The minimum absolute atomic E-state index is 0.0116. The average Bonchev–Trinajstić information content (AvgIpc) is 3.83. The number of aryl methyl sites for hydroxylation is 3. The van der Waals surface area contributed by atoms with Gasteiger partial charge in [-0.15, -0.1) is 0 Å². The largest absolute Gasteiger partial charge is 0.396 e. The predicted octanol–water partition coefficient (Wildman–Crippen LogP) is 3.23. The number of aromatic amines is 1. The van der Waals surface area contributed by atoms with E-state index < -0.39 is 23.8 Å². The van der Waals surface area contributed by atoms with E-state index in [-0.39, 0.29) is 18.3 Å². The van der Waals surface area contributed by atoms with Crippen molar-refractivity contribution in [3.8, 4) is 11.1 Å². The van der Waals surface area contributed by atoms with Crippen LogP contribution in [0.5, 0.6) is 0 Å². The van der Waals surface area contributed by atoms with Crippen LogP contribution in [0.4, 0.5) is 10.2 Å². The van der Waals surface area contributed by atoms with Crippen molar-refractivity contribution in [2.45, 2.75) is 65.0 Å². The average molecular weight is 524 g/mol. The first kappa shape index (κ1) is 26.0. The molecule has 4 N–H and O–H groups in total. The molecule has 5 rings (SSSR count). The maximum absolute atomic E-state index is 15.1. The van der Waals surface area contributed by atoms with E-state index in [1.807, 2.05) is 13.8 Å². The lowest BCUT2D eigenvalue weighted by Gasteiger charge is -2.27. The molecule has 2 saturated carbocycles. The number of halogens is 1. The number of anilines is 1. The van der Waals surface area contributed by atoms with Crippen molar-refractivity contribution in [3.05, 3.63) is 47.4 Å². The van der Waals surface area contributed by atoms with Crippen molar-refractivity contribution >= 4 is 17.6 Å². The van der Waals surface area contributed by atoms with Gasteiger partial charge in [0.25, 0.3) is 5.91 Å². The van der Waals surface area contributed by atoms with Crippen LogP contribution in [0.25, 0.3) is 11.1 Å². The Bertz CT molecular complexity index is 1300. The summed E-state index contributed by atoms with van der Waals surface area (Å²) in [5, 5.41) is 26.2. The molecule has 0 aromatic carbocycles. The third-order valence-corrected chi connectivity index (χ3v) is 7.49. The molecule has 3 heterocycles. The summed E-state index contributed by atoms with van der Waals surface area (Å²) in [7, 11) is 0. The molecule has 0 saturated heterocycles. The molecule has 38 heavy (non-hydrogen) atoms. The lowest BCUT2D eigenvalue weighted by Crippen LogP contribution is -2.50. The molecular formula is C27H34FN7O3. The van der Waals surface area contributed by atoms with Gasteiger partial charge < -0.3 is 15.7 Å². The van der Waals surface area contributed by atoms with Gasteiger partial charge in [-0.25, -0.2) is 4.98 Å². The molecule has 2 fully saturated rings. The Hall–Kier alpha value is -3.60. The van der Waals surface area contributed by atoms with Gasteiger partial charge >= 0.3 is 0 Å². The van der Waals surface area contributed by atoms with E-state index in [1.165, 1.54) is 10.9 Å². The Morgan fingerprint density at radius 3 is 2.58 bits per heavy atom. The fourth-order valence-corrected chi connectivity index (χ4v) is 5.35. The number of nitrogens with one attached hydrogen (secondary N) is 3. The van der Waals surface area contributed by atoms with Crippen molar-refractivity contribution in [1.82, 2.24) is 30.3 Å². The molecule has 1 unspecified atom stereocenters. The third-order valence-electron chi connectivity index (χ3n) is 7.49. The molecule has 202 valence electrons. The lowest BCUT2D eigenvalue weighted by molar-refractivity contribution is -0.119. The van der Waals surface area contributed by atoms with Crippen LogP contribution < -0.4 is 10.6 Å². The van der Waals surface area contributed by atoms with Crippen LogP contribution in [-0.4, -0.2) is 54.5 Å². The molecular weight excluding hydrogens is 489 g/mol. The molecule has 3 aromatic heterocycles. The van der Waals surface area contributed by atoms with E-state index in [0.717, 1.165) is 37.1 Å². The molecule has 2 aliphatic rings. The number of pyridine rings is 1. The number of aliphatic hydroxyl groups is 1. The Kier molecular flexibility index (Phi) is 7.55. The van der Waals surface area contributed by atoms with Crippen molar-refractivity contribution < 1.29 is 19.1 Å². The smallest absolute Gasteiger partial charge is 0.270 e. The van der Waals surface area contributed by atoms with Crippen LogP contribution in [0.1, 0.15) is 60.9 Å². The van der Waals surface area contributed by atoms with E-state index in [2.05, 4.69) is 30.9 Å². The summed E-state index contributed by atoms with van der Waals surface area (Å²) in [4.78, 5) is 30.9. The quantitative estimate of drug-likeness (QED) is 0.269. The molecule has 1 atom stereocenters. The number of aromatic nitrogens is 5. The first-order valence-corrected chi connectivity index (χ1v) is 13.4. The Morgan fingerprint density at radius 1 is 1.21 bits per heavy atom. The highest BCUT2D eigenvalue weighted by Gasteiger charge is 2.48. The molecule has 2 amide bonds. The Balaban J connectivity index is 1.37. The second kappa shape index (κ2) is 11.0. The predicted molar refractivity (Wildman–Crippen MR) is 139 cm³/mol. The van der Waals surface area contributed by atoms with Gasteiger partial charge in [0.1, 0.15) is 17.6 Å². The van der Waals surface area contributed by atoms with Crippen molar-refractivity contribution in [1.29, 1.82) is 0 Å². The number of hydrogen-bond acceptors (Lipinski definition) is 6. The van der Waals surface area contributed by atoms with E-state index in [4.69, 9.17) is 5.11 Å². The van der Waals surface area contributed by atoms with Crippen LogP contribution in [-0.2, 0) is 17.8 Å². The highest BCUT2D eigenvalue weighted by Crippen LogP contribution is 2.51. The van der Waals surface area contributed by atoms with Crippen molar-refractivity contribution in [2.24, 2.45) is 17.8 Å². The fourth-order valence-electron chi connectivity index (χ4n) is 5.35. The van der Waals surface area contributed by atoms with Crippen LogP contribution in [0.2, 0.25) is 0 Å². The number of nitrogens with zero attached hydrogens (tertiary/aromatic N) is 4. The summed E-state index contributed by atoms with van der Waals surface area (Å²) >= 11 is 0. The molecule has 11 heteroatoms. The Labute approximate surface area is 220 Å². The number of amides is 2. The zero-order valence-corrected chi connectivity index (χ0v) is 21.7. The summed E-state index contributed by atoms with van der Waals surface area (Å²) in [6, 6.07) is 4.00. The Morgan fingerprint density at radius 2 is 1.95 bits per heavy atom.